The highest BCUT2D eigenvalue weighted by Crippen LogP contribution is 2.32. The summed E-state index contributed by atoms with van der Waals surface area (Å²) in [4.78, 5) is 38.4. The van der Waals surface area contributed by atoms with Crippen molar-refractivity contribution in [3.05, 3.63) is 35.9 Å². The summed E-state index contributed by atoms with van der Waals surface area (Å²) in [5.41, 5.74) is -0.359. The highest BCUT2D eigenvalue weighted by Gasteiger charge is 2.51. The van der Waals surface area contributed by atoms with Gasteiger partial charge in [0.25, 0.3) is 5.91 Å². The molecule has 0 aromatic heterocycles. The number of benzene rings is 1. The molecule has 1 aromatic carbocycles. The van der Waals surface area contributed by atoms with E-state index in [1.54, 1.807) is 0 Å². The van der Waals surface area contributed by atoms with Crippen LogP contribution < -0.4 is 10.6 Å². The normalized spacial score (nSPS) is 20.4. The van der Waals surface area contributed by atoms with E-state index in [1.807, 2.05) is 51.1 Å². The Bertz CT molecular complexity index is 613. The Balaban J connectivity index is 2.18. The van der Waals surface area contributed by atoms with Crippen molar-refractivity contribution in [3.63, 3.8) is 0 Å². The summed E-state index contributed by atoms with van der Waals surface area (Å²) in [6.45, 7) is 5.56. The maximum atomic E-state index is 12.9. The summed E-state index contributed by atoms with van der Waals surface area (Å²) < 4.78 is 0. The molecule has 24 heavy (non-hydrogen) atoms. The topological polar surface area (TPSA) is 78.5 Å². The second-order valence-corrected chi connectivity index (χ2v) is 6.03. The summed E-state index contributed by atoms with van der Waals surface area (Å²) in [6, 6.07) is 8.68. The van der Waals surface area contributed by atoms with Gasteiger partial charge in [-0.15, -0.1) is 0 Å². The first-order valence-corrected chi connectivity index (χ1v) is 8.47. The van der Waals surface area contributed by atoms with E-state index in [-0.39, 0.29) is 24.4 Å². The Morgan fingerprint density at radius 3 is 2.33 bits per heavy atom. The summed E-state index contributed by atoms with van der Waals surface area (Å²) in [5.74, 6) is -0.687. The highest BCUT2D eigenvalue weighted by molar-refractivity contribution is 6.09. The average molecular weight is 331 g/mol. The van der Waals surface area contributed by atoms with E-state index in [9.17, 15) is 14.4 Å². The zero-order valence-electron chi connectivity index (χ0n) is 14.5. The molecule has 1 atom stereocenters. The van der Waals surface area contributed by atoms with Gasteiger partial charge in [0.05, 0.1) is 0 Å². The molecule has 0 bridgehead atoms. The van der Waals surface area contributed by atoms with Crippen molar-refractivity contribution in [2.24, 2.45) is 0 Å². The SMILES string of the molecule is CCC(CC)NC(=O)CN1C(=O)N[C@](CC)(c2ccccc2)C1=O. The van der Waals surface area contributed by atoms with Gasteiger partial charge in [-0.05, 0) is 24.8 Å². The number of nitrogens with zero attached hydrogens (tertiary/aromatic N) is 1. The van der Waals surface area contributed by atoms with Crippen molar-refractivity contribution in [1.29, 1.82) is 0 Å². The molecular weight excluding hydrogens is 306 g/mol. The van der Waals surface area contributed by atoms with Crippen LogP contribution in [0.1, 0.15) is 45.6 Å². The minimum Gasteiger partial charge on any atom is -0.352 e. The van der Waals surface area contributed by atoms with Gasteiger partial charge in [-0.25, -0.2) is 4.79 Å². The highest BCUT2D eigenvalue weighted by atomic mass is 16.2. The number of rotatable bonds is 7. The molecule has 2 N–H and O–H groups in total. The average Bonchev–Trinajstić information content (AvgIpc) is 2.85. The number of hydrogen-bond acceptors (Lipinski definition) is 3. The molecule has 0 aliphatic carbocycles. The van der Waals surface area contributed by atoms with Crippen molar-refractivity contribution < 1.29 is 14.4 Å². The molecule has 6 heteroatoms. The number of carbonyl (C=O) groups excluding carboxylic acids is 3. The number of carbonyl (C=O) groups is 3. The second-order valence-electron chi connectivity index (χ2n) is 6.03. The summed E-state index contributed by atoms with van der Waals surface area (Å²) >= 11 is 0. The van der Waals surface area contributed by atoms with Crippen LogP contribution in [0.25, 0.3) is 0 Å². The van der Waals surface area contributed by atoms with Crippen LogP contribution in [0.4, 0.5) is 4.79 Å². The summed E-state index contributed by atoms with van der Waals surface area (Å²) in [7, 11) is 0. The van der Waals surface area contributed by atoms with Gasteiger partial charge in [-0.2, -0.15) is 0 Å². The quantitative estimate of drug-likeness (QED) is 0.752. The predicted octanol–water partition coefficient (Wildman–Crippen LogP) is 2.15. The maximum Gasteiger partial charge on any atom is 0.325 e. The first-order valence-electron chi connectivity index (χ1n) is 8.47. The van der Waals surface area contributed by atoms with E-state index in [0.717, 1.165) is 23.3 Å². The third kappa shape index (κ3) is 3.27. The van der Waals surface area contributed by atoms with Crippen molar-refractivity contribution in [2.45, 2.75) is 51.6 Å². The molecule has 6 nitrogen and oxygen atoms in total. The maximum absolute atomic E-state index is 12.9. The monoisotopic (exact) mass is 331 g/mol. The molecule has 0 spiro atoms. The molecule has 0 radical (unpaired) electrons. The van der Waals surface area contributed by atoms with Gasteiger partial charge in [0.1, 0.15) is 12.1 Å². The van der Waals surface area contributed by atoms with Crippen LogP contribution in [0.5, 0.6) is 0 Å². The van der Waals surface area contributed by atoms with Crippen molar-refractivity contribution in [2.75, 3.05) is 6.54 Å². The molecule has 1 saturated heterocycles. The van der Waals surface area contributed by atoms with Gasteiger partial charge >= 0.3 is 6.03 Å². The Kier molecular flexibility index (Phi) is 5.59. The predicted molar refractivity (Wildman–Crippen MR) is 91.2 cm³/mol. The number of urea groups is 1. The molecule has 1 aliphatic rings. The Hall–Kier alpha value is -2.37. The van der Waals surface area contributed by atoms with Gasteiger partial charge < -0.3 is 10.6 Å². The fourth-order valence-corrected chi connectivity index (χ4v) is 3.04. The molecule has 130 valence electrons. The molecule has 2 rings (SSSR count). The van der Waals surface area contributed by atoms with Crippen molar-refractivity contribution >= 4 is 17.8 Å². The Labute approximate surface area is 142 Å². The fraction of sp³-hybridized carbons (Fsp3) is 0.500. The van der Waals surface area contributed by atoms with Crippen molar-refractivity contribution in [3.8, 4) is 0 Å². The van der Waals surface area contributed by atoms with Crippen LogP contribution >= 0.6 is 0 Å². The van der Waals surface area contributed by atoms with Gasteiger partial charge in [0, 0.05) is 6.04 Å². The molecular formula is C18H25N3O3. The van der Waals surface area contributed by atoms with E-state index in [2.05, 4.69) is 10.6 Å². The lowest BCUT2D eigenvalue weighted by Crippen LogP contribution is -2.46. The van der Waals surface area contributed by atoms with Crippen molar-refractivity contribution in [1.82, 2.24) is 15.5 Å². The number of nitrogens with one attached hydrogen (secondary N) is 2. The fourth-order valence-electron chi connectivity index (χ4n) is 3.04. The number of amides is 4. The largest absolute Gasteiger partial charge is 0.352 e. The van der Waals surface area contributed by atoms with E-state index in [0.29, 0.717) is 6.42 Å². The van der Waals surface area contributed by atoms with Crippen LogP contribution in [0, 0.1) is 0 Å². The Morgan fingerprint density at radius 2 is 1.79 bits per heavy atom. The zero-order chi connectivity index (χ0) is 17.7. The lowest BCUT2D eigenvalue weighted by molar-refractivity contribution is -0.135. The third-order valence-corrected chi connectivity index (χ3v) is 4.63. The van der Waals surface area contributed by atoms with Gasteiger partial charge in [-0.3, -0.25) is 14.5 Å². The summed E-state index contributed by atoms with van der Waals surface area (Å²) in [6.07, 6.45) is 2.04. The van der Waals surface area contributed by atoms with E-state index < -0.39 is 11.6 Å². The smallest absolute Gasteiger partial charge is 0.325 e. The lowest BCUT2D eigenvalue weighted by Gasteiger charge is -2.25. The molecule has 0 saturated carbocycles. The van der Waals surface area contributed by atoms with Crippen LogP contribution in [0.15, 0.2) is 30.3 Å². The minimum absolute atomic E-state index is 0.0586. The Morgan fingerprint density at radius 1 is 1.17 bits per heavy atom. The van der Waals surface area contributed by atoms with E-state index in [1.165, 1.54) is 0 Å². The molecule has 0 unspecified atom stereocenters. The number of imide groups is 1. The standard InChI is InChI=1S/C18H25N3O3/c1-4-14(5-2)19-15(22)12-21-16(23)18(6-3,20-17(21)24)13-10-8-7-9-11-13/h7-11,14H,4-6,12H2,1-3H3,(H,19,22)(H,20,24)/t18-/m1/s1. The molecule has 1 fully saturated rings. The third-order valence-electron chi connectivity index (χ3n) is 4.63. The summed E-state index contributed by atoms with van der Waals surface area (Å²) in [5, 5.41) is 5.63. The van der Waals surface area contributed by atoms with Crippen LogP contribution in [-0.2, 0) is 15.1 Å². The van der Waals surface area contributed by atoms with E-state index >= 15 is 0 Å². The van der Waals surface area contributed by atoms with Crippen LogP contribution in [0.3, 0.4) is 0 Å². The number of hydrogen-bond donors (Lipinski definition) is 2. The van der Waals surface area contributed by atoms with E-state index in [4.69, 9.17) is 0 Å². The van der Waals surface area contributed by atoms with Crippen LogP contribution in [0.2, 0.25) is 0 Å². The van der Waals surface area contributed by atoms with Gasteiger partial charge in [0.15, 0.2) is 0 Å². The van der Waals surface area contributed by atoms with Gasteiger partial charge in [0.2, 0.25) is 5.91 Å². The lowest BCUT2D eigenvalue weighted by atomic mass is 9.87. The van der Waals surface area contributed by atoms with Crippen LogP contribution in [-0.4, -0.2) is 35.3 Å². The molecule has 1 heterocycles. The van der Waals surface area contributed by atoms with Gasteiger partial charge in [-0.1, -0.05) is 51.1 Å². The zero-order valence-corrected chi connectivity index (χ0v) is 14.5. The molecule has 1 aromatic rings. The molecule has 4 amide bonds. The first-order chi connectivity index (χ1) is 11.5. The molecule has 1 aliphatic heterocycles. The second kappa shape index (κ2) is 7.47. The first kappa shape index (κ1) is 18.0. The minimum atomic E-state index is -1.09.